The van der Waals surface area contributed by atoms with Crippen LogP contribution in [-0.2, 0) is 9.53 Å². The van der Waals surface area contributed by atoms with Gasteiger partial charge < -0.3 is 10.1 Å². The summed E-state index contributed by atoms with van der Waals surface area (Å²) in [5, 5.41) is 6.93. The molecule has 0 radical (unpaired) electrons. The van der Waals surface area contributed by atoms with E-state index < -0.39 is 5.97 Å². The minimum atomic E-state index is -0.501. The Kier molecular flexibility index (Phi) is 4.64. The fourth-order valence-corrected chi connectivity index (χ4v) is 3.96. The summed E-state index contributed by atoms with van der Waals surface area (Å²) < 4.78 is 4.53. The first-order chi connectivity index (χ1) is 11.5. The molecule has 0 heterocycles. The lowest BCUT2D eigenvalue weighted by molar-refractivity contribution is -0.139. The molecule has 0 spiro atoms. The second-order valence-corrected chi connectivity index (χ2v) is 6.61. The molecule has 3 rings (SSSR count). The number of methoxy groups -OCH3 is 1. The monoisotopic (exact) mass is 348 g/mol. The maximum Gasteiger partial charge on any atom is 0.325 e. The number of carbonyl (C=O) groups is 2. The molecule has 2 unspecified atom stereocenters. The maximum atomic E-state index is 12.4. The molecule has 2 fully saturated rings. The highest BCUT2D eigenvalue weighted by atomic mass is 35.5. The Hall–Kier alpha value is -2.24. The number of ether oxygens (including phenoxy) is 1. The number of halogens is 1. The minimum Gasteiger partial charge on any atom is -0.468 e. The van der Waals surface area contributed by atoms with E-state index in [9.17, 15) is 9.59 Å². The van der Waals surface area contributed by atoms with Crippen LogP contribution in [0.15, 0.2) is 23.3 Å². The van der Waals surface area contributed by atoms with E-state index >= 15 is 0 Å². The molecule has 1 amide bonds. The molecule has 0 aromatic heterocycles. The SMILES string of the molecule is COC(=O)CNC(=O)c1ccc(Cl)cc1C1C2CC(N=[N+]=[N-])CC21. The molecular formula is C16H17ClN4O3. The van der Waals surface area contributed by atoms with Gasteiger partial charge in [-0.15, -0.1) is 0 Å². The van der Waals surface area contributed by atoms with Gasteiger partial charge in [-0.2, -0.15) is 0 Å². The Labute approximate surface area is 143 Å². The number of benzene rings is 1. The molecule has 0 saturated heterocycles. The fraction of sp³-hybridized carbons (Fsp3) is 0.500. The number of carbonyl (C=O) groups excluding carboxylic acids is 2. The third-order valence-electron chi connectivity index (χ3n) is 4.87. The highest BCUT2D eigenvalue weighted by Crippen LogP contribution is 2.64. The number of azide groups is 1. The second kappa shape index (κ2) is 6.71. The Morgan fingerprint density at radius 2 is 2.12 bits per heavy atom. The van der Waals surface area contributed by atoms with Crippen molar-refractivity contribution in [2.45, 2.75) is 24.8 Å². The van der Waals surface area contributed by atoms with E-state index in [2.05, 4.69) is 20.1 Å². The van der Waals surface area contributed by atoms with Crippen molar-refractivity contribution in [1.82, 2.24) is 5.32 Å². The molecule has 2 aliphatic carbocycles. The van der Waals surface area contributed by atoms with Crippen molar-refractivity contribution >= 4 is 23.5 Å². The van der Waals surface area contributed by atoms with E-state index in [-0.39, 0.29) is 24.4 Å². The van der Waals surface area contributed by atoms with Crippen LogP contribution in [0.1, 0.15) is 34.7 Å². The molecule has 7 nitrogen and oxygen atoms in total. The van der Waals surface area contributed by atoms with Crippen LogP contribution >= 0.6 is 11.6 Å². The van der Waals surface area contributed by atoms with E-state index in [0.717, 1.165) is 18.4 Å². The van der Waals surface area contributed by atoms with Crippen LogP contribution < -0.4 is 5.32 Å². The van der Waals surface area contributed by atoms with Gasteiger partial charge in [0.1, 0.15) is 6.54 Å². The standard InChI is InChI=1S/C16H17ClN4O3/c1-24-14(22)7-19-16(23)10-3-2-8(17)4-11(10)15-12-5-9(20-21-18)6-13(12)15/h2-4,9,12-13,15H,5-7H2,1H3,(H,19,23). The first kappa shape index (κ1) is 16.6. The van der Waals surface area contributed by atoms with Gasteiger partial charge in [-0.1, -0.05) is 16.7 Å². The number of nitrogens with one attached hydrogen (secondary N) is 1. The van der Waals surface area contributed by atoms with Crippen LogP contribution in [0, 0.1) is 11.8 Å². The lowest BCUT2D eigenvalue weighted by atomic mass is 9.96. The first-order valence-electron chi connectivity index (χ1n) is 7.73. The molecule has 1 N–H and O–H groups in total. The van der Waals surface area contributed by atoms with E-state index in [1.165, 1.54) is 7.11 Å². The fourth-order valence-electron chi connectivity index (χ4n) is 3.78. The van der Waals surface area contributed by atoms with Gasteiger partial charge in [0.25, 0.3) is 5.91 Å². The van der Waals surface area contributed by atoms with Gasteiger partial charge in [-0.25, -0.2) is 0 Å². The summed E-state index contributed by atoms with van der Waals surface area (Å²) in [7, 11) is 1.27. The molecule has 0 bridgehead atoms. The Morgan fingerprint density at radius 1 is 1.42 bits per heavy atom. The summed E-state index contributed by atoms with van der Waals surface area (Å²) in [6.45, 7) is -0.173. The highest BCUT2D eigenvalue weighted by Gasteiger charge is 2.57. The lowest BCUT2D eigenvalue weighted by Gasteiger charge is -2.13. The number of fused-ring (bicyclic) bond motifs is 1. The van der Waals surface area contributed by atoms with Gasteiger partial charge in [0.15, 0.2) is 0 Å². The first-order valence-corrected chi connectivity index (χ1v) is 8.11. The Bertz CT molecular complexity index is 720. The number of esters is 1. The Morgan fingerprint density at radius 3 is 2.75 bits per heavy atom. The van der Waals surface area contributed by atoms with Crippen LogP contribution in [0.5, 0.6) is 0 Å². The molecule has 1 aromatic carbocycles. The zero-order chi connectivity index (χ0) is 17.3. The molecule has 2 saturated carbocycles. The van der Waals surface area contributed by atoms with Crippen LogP contribution in [0.2, 0.25) is 5.02 Å². The number of hydrogen-bond acceptors (Lipinski definition) is 4. The second-order valence-electron chi connectivity index (χ2n) is 6.17. The van der Waals surface area contributed by atoms with Gasteiger partial charge in [0, 0.05) is 21.5 Å². The van der Waals surface area contributed by atoms with Crippen molar-refractivity contribution < 1.29 is 14.3 Å². The molecular weight excluding hydrogens is 332 g/mol. The molecule has 1 aromatic rings. The largest absolute Gasteiger partial charge is 0.468 e. The highest BCUT2D eigenvalue weighted by molar-refractivity contribution is 6.30. The molecule has 126 valence electrons. The predicted octanol–water partition coefficient (Wildman–Crippen LogP) is 3.05. The van der Waals surface area contributed by atoms with Crippen molar-refractivity contribution in [1.29, 1.82) is 0 Å². The van der Waals surface area contributed by atoms with Crippen LogP contribution in [0.4, 0.5) is 0 Å². The summed E-state index contributed by atoms with van der Waals surface area (Å²) in [6.07, 6.45) is 1.68. The molecule has 2 atom stereocenters. The van der Waals surface area contributed by atoms with Gasteiger partial charge >= 0.3 is 5.97 Å². The number of nitrogens with zero attached hydrogens (tertiary/aromatic N) is 3. The smallest absolute Gasteiger partial charge is 0.325 e. The zero-order valence-electron chi connectivity index (χ0n) is 13.1. The summed E-state index contributed by atoms with van der Waals surface area (Å²) in [5.74, 6) is 0.285. The quantitative estimate of drug-likeness (QED) is 0.382. The summed E-state index contributed by atoms with van der Waals surface area (Å²) in [6, 6.07) is 5.22. The molecule has 2 aliphatic rings. The number of amides is 1. The normalized spacial score (nSPS) is 26.9. The third kappa shape index (κ3) is 3.18. The third-order valence-corrected chi connectivity index (χ3v) is 5.11. The molecule has 0 aliphatic heterocycles. The summed E-state index contributed by atoms with van der Waals surface area (Å²) in [5.41, 5.74) is 9.97. The average Bonchev–Trinajstić information content (AvgIpc) is 3.07. The summed E-state index contributed by atoms with van der Waals surface area (Å²) in [4.78, 5) is 26.5. The van der Waals surface area contributed by atoms with Gasteiger partial charge in [0.2, 0.25) is 0 Å². The molecule has 8 heteroatoms. The van der Waals surface area contributed by atoms with E-state index in [1.54, 1.807) is 12.1 Å². The van der Waals surface area contributed by atoms with Gasteiger partial charge in [-0.3, -0.25) is 9.59 Å². The van der Waals surface area contributed by atoms with Gasteiger partial charge in [-0.05, 0) is 59.9 Å². The van der Waals surface area contributed by atoms with Crippen molar-refractivity contribution in [3.05, 3.63) is 44.8 Å². The van der Waals surface area contributed by atoms with E-state index in [0.29, 0.717) is 22.4 Å². The van der Waals surface area contributed by atoms with Crippen molar-refractivity contribution in [3.63, 3.8) is 0 Å². The molecule has 24 heavy (non-hydrogen) atoms. The summed E-state index contributed by atoms with van der Waals surface area (Å²) >= 11 is 6.11. The van der Waals surface area contributed by atoms with Crippen molar-refractivity contribution in [2.24, 2.45) is 17.0 Å². The predicted molar refractivity (Wildman–Crippen MR) is 87.7 cm³/mol. The van der Waals surface area contributed by atoms with Crippen LogP contribution in [0.25, 0.3) is 10.4 Å². The van der Waals surface area contributed by atoms with Gasteiger partial charge in [0.05, 0.1) is 7.11 Å². The van der Waals surface area contributed by atoms with E-state index in [4.69, 9.17) is 17.1 Å². The van der Waals surface area contributed by atoms with Crippen LogP contribution in [-0.4, -0.2) is 31.6 Å². The minimum absolute atomic E-state index is 0.0528. The van der Waals surface area contributed by atoms with Crippen LogP contribution in [0.3, 0.4) is 0 Å². The maximum absolute atomic E-state index is 12.4. The number of hydrogen-bond donors (Lipinski definition) is 1. The Balaban J connectivity index is 1.75. The van der Waals surface area contributed by atoms with Crippen molar-refractivity contribution in [3.8, 4) is 0 Å². The zero-order valence-corrected chi connectivity index (χ0v) is 13.9. The van der Waals surface area contributed by atoms with E-state index in [1.807, 2.05) is 6.07 Å². The van der Waals surface area contributed by atoms with Crippen molar-refractivity contribution in [2.75, 3.05) is 13.7 Å². The average molecular weight is 349 g/mol. The lowest BCUT2D eigenvalue weighted by Crippen LogP contribution is -2.30. The topological polar surface area (TPSA) is 104 Å². The number of rotatable bonds is 5.